The van der Waals surface area contributed by atoms with Gasteiger partial charge in [-0.05, 0) is 12.1 Å². The Kier molecular flexibility index (Phi) is 1.40. The molecule has 0 aromatic heterocycles. The van der Waals surface area contributed by atoms with Crippen LogP contribution in [0.3, 0.4) is 0 Å². The van der Waals surface area contributed by atoms with Gasteiger partial charge in [-0.15, -0.1) is 5.69 Å². The van der Waals surface area contributed by atoms with Crippen molar-refractivity contribution in [3.05, 3.63) is 35.0 Å². The molecule has 0 aliphatic carbocycles. The Hall–Kier alpha value is -0.690. The fraction of sp³-hybridized carbons (Fsp3) is 0. The summed E-state index contributed by atoms with van der Waals surface area (Å²) in [7, 11) is 0. The van der Waals surface area contributed by atoms with Gasteiger partial charge in [-0.3, -0.25) is 0 Å². The second kappa shape index (κ2) is 2.05. The van der Waals surface area contributed by atoms with E-state index in [-0.39, 0.29) is 0 Å². The van der Waals surface area contributed by atoms with Gasteiger partial charge in [0.1, 0.15) is 0 Å². The molecule has 0 saturated carbocycles. The van der Waals surface area contributed by atoms with Crippen molar-refractivity contribution in [3.63, 3.8) is 0 Å². The lowest BCUT2D eigenvalue weighted by Gasteiger charge is -1.98. The van der Waals surface area contributed by atoms with Gasteiger partial charge in [0.15, 0.2) is 0 Å². The maximum atomic E-state index is 7.03. The summed E-state index contributed by atoms with van der Waals surface area (Å²) in [4.78, 5) is 0. The lowest BCUT2D eigenvalue weighted by atomic mass is 10.3. The van der Waals surface area contributed by atoms with Crippen LogP contribution in [0.5, 0.6) is 0 Å². The molecular formula is C6H5ClN-. The minimum Gasteiger partial charge on any atom is -0.699 e. The van der Waals surface area contributed by atoms with Gasteiger partial charge < -0.3 is 5.73 Å². The summed E-state index contributed by atoms with van der Waals surface area (Å²) in [6.45, 7) is 0. The fourth-order valence-electron chi connectivity index (χ4n) is 0.450. The topological polar surface area (TPSA) is 23.8 Å². The molecule has 1 aromatic carbocycles. The van der Waals surface area contributed by atoms with Gasteiger partial charge in [0.2, 0.25) is 0 Å². The van der Waals surface area contributed by atoms with Crippen LogP contribution in [0.25, 0.3) is 5.73 Å². The Morgan fingerprint density at radius 3 is 2.00 bits per heavy atom. The largest absolute Gasteiger partial charge is 0.699 e. The Balaban J connectivity index is 3.03. The highest BCUT2D eigenvalue weighted by Crippen LogP contribution is 2.13. The third kappa shape index (κ3) is 1.14. The Morgan fingerprint density at radius 2 is 1.62 bits per heavy atom. The number of hydrogen-bond donors (Lipinski definition) is 0. The van der Waals surface area contributed by atoms with E-state index in [2.05, 4.69) is 0 Å². The van der Waals surface area contributed by atoms with Crippen molar-refractivity contribution in [1.82, 2.24) is 0 Å². The molecule has 2 heteroatoms. The predicted octanol–water partition coefficient (Wildman–Crippen LogP) is 3.02. The van der Waals surface area contributed by atoms with Crippen molar-refractivity contribution < 1.29 is 0 Å². The molecule has 0 fully saturated rings. The van der Waals surface area contributed by atoms with E-state index in [0.717, 1.165) is 0 Å². The molecular weight excluding hydrogens is 122 g/mol. The first kappa shape index (κ1) is 5.45. The maximum absolute atomic E-state index is 7.03. The monoisotopic (exact) mass is 126 g/mol. The van der Waals surface area contributed by atoms with Crippen LogP contribution >= 0.6 is 11.6 Å². The van der Waals surface area contributed by atoms with E-state index in [1.165, 1.54) is 0 Å². The number of nitrogens with one attached hydrogen (secondary N) is 1. The summed E-state index contributed by atoms with van der Waals surface area (Å²) < 4.78 is 0. The summed E-state index contributed by atoms with van der Waals surface area (Å²) in [6.07, 6.45) is 0. The van der Waals surface area contributed by atoms with Gasteiger partial charge >= 0.3 is 0 Å². The fourth-order valence-corrected chi connectivity index (χ4v) is 0.576. The number of halogens is 1. The molecule has 1 aromatic rings. The summed E-state index contributed by atoms with van der Waals surface area (Å²) in [5.74, 6) is 0. The van der Waals surface area contributed by atoms with Gasteiger partial charge in [-0.2, -0.15) is 0 Å². The highest BCUT2D eigenvalue weighted by Gasteiger charge is 1.77. The Bertz CT molecular complexity index is 147. The van der Waals surface area contributed by atoms with Crippen LogP contribution in [0.15, 0.2) is 24.3 Å². The van der Waals surface area contributed by atoms with E-state index in [9.17, 15) is 0 Å². The van der Waals surface area contributed by atoms with E-state index >= 15 is 0 Å². The maximum Gasteiger partial charge on any atom is 0.0405 e. The van der Waals surface area contributed by atoms with Crippen molar-refractivity contribution in [2.75, 3.05) is 0 Å². The summed E-state index contributed by atoms with van der Waals surface area (Å²) in [6, 6.07) is 6.71. The highest BCUT2D eigenvalue weighted by atomic mass is 35.5. The molecule has 0 aliphatic rings. The Labute approximate surface area is 53.1 Å². The highest BCUT2D eigenvalue weighted by molar-refractivity contribution is 6.30. The third-order valence-corrected chi connectivity index (χ3v) is 1.10. The molecule has 0 heterocycles. The van der Waals surface area contributed by atoms with Gasteiger partial charge in [0, 0.05) is 5.02 Å². The van der Waals surface area contributed by atoms with Crippen molar-refractivity contribution in [1.29, 1.82) is 0 Å². The van der Waals surface area contributed by atoms with Crippen LogP contribution < -0.4 is 0 Å². The molecule has 1 nitrogen and oxygen atoms in total. The number of benzene rings is 1. The average Bonchev–Trinajstić information content (AvgIpc) is 1.77. The van der Waals surface area contributed by atoms with Gasteiger partial charge in [0.05, 0.1) is 0 Å². The molecule has 0 unspecified atom stereocenters. The molecule has 0 radical (unpaired) electrons. The molecule has 1 N–H and O–H groups in total. The SMILES string of the molecule is [NH-]c1ccc(Cl)cc1. The van der Waals surface area contributed by atoms with E-state index in [0.29, 0.717) is 10.7 Å². The first-order valence-corrected chi connectivity index (χ1v) is 2.64. The van der Waals surface area contributed by atoms with Crippen molar-refractivity contribution in [2.24, 2.45) is 0 Å². The molecule has 0 aliphatic heterocycles. The molecule has 8 heavy (non-hydrogen) atoms. The van der Waals surface area contributed by atoms with Crippen molar-refractivity contribution >= 4 is 17.3 Å². The van der Waals surface area contributed by atoms with Crippen LogP contribution in [0.1, 0.15) is 0 Å². The first-order valence-electron chi connectivity index (χ1n) is 2.26. The molecule has 0 saturated heterocycles. The van der Waals surface area contributed by atoms with Crippen LogP contribution in [-0.4, -0.2) is 0 Å². The standard InChI is InChI=1S/C6H5ClN/c7-5-1-3-6(8)4-2-5/h1-4,8H/q-1. The zero-order chi connectivity index (χ0) is 5.98. The second-order valence-corrected chi connectivity index (χ2v) is 1.94. The average molecular weight is 127 g/mol. The molecule has 0 bridgehead atoms. The first-order chi connectivity index (χ1) is 3.79. The van der Waals surface area contributed by atoms with Crippen LogP contribution in [-0.2, 0) is 0 Å². The number of rotatable bonds is 0. The Morgan fingerprint density at radius 1 is 1.12 bits per heavy atom. The lowest BCUT2D eigenvalue weighted by Crippen LogP contribution is -1.58. The van der Waals surface area contributed by atoms with Gasteiger partial charge in [0.25, 0.3) is 0 Å². The minimum atomic E-state index is 0.495. The summed E-state index contributed by atoms with van der Waals surface area (Å²) in [5, 5.41) is 0.681. The smallest absolute Gasteiger partial charge is 0.0405 e. The van der Waals surface area contributed by atoms with Crippen molar-refractivity contribution in [2.45, 2.75) is 0 Å². The van der Waals surface area contributed by atoms with Crippen LogP contribution in [0.2, 0.25) is 5.02 Å². The number of hydrogen-bond acceptors (Lipinski definition) is 0. The van der Waals surface area contributed by atoms with E-state index in [1.54, 1.807) is 24.3 Å². The van der Waals surface area contributed by atoms with Crippen molar-refractivity contribution in [3.8, 4) is 0 Å². The van der Waals surface area contributed by atoms with E-state index in [1.807, 2.05) is 0 Å². The van der Waals surface area contributed by atoms with Crippen LogP contribution in [0, 0.1) is 0 Å². The predicted molar refractivity (Wildman–Crippen MR) is 35.4 cm³/mol. The van der Waals surface area contributed by atoms with E-state index < -0.39 is 0 Å². The lowest BCUT2D eigenvalue weighted by molar-refractivity contribution is 1.73. The molecule has 0 atom stereocenters. The van der Waals surface area contributed by atoms with Crippen LogP contribution in [0.4, 0.5) is 5.69 Å². The zero-order valence-corrected chi connectivity index (χ0v) is 4.94. The molecule has 1 rings (SSSR count). The molecule has 0 spiro atoms. The minimum absolute atomic E-state index is 0.495. The summed E-state index contributed by atoms with van der Waals surface area (Å²) in [5.41, 5.74) is 7.53. The second-order valence-electron chi connectivity index (χ2n) is 1.51. The van der Waals surface area contributed by atoms with E-state index in [4.69, 9.17) is 17.3 Å². The summed E-state index contributed by atoms with van der Waals surface area (Å²) >= 11 is 5.53. The molecule has 42 valence electrons. The third-order valence-electron chi connectivity index (χ3n) is 0.844. The normalized spacial score (nSPS) is 9.12. The molecule has 0 amide bonds. The quantitative estimate of drug-likeness (QED) is 0.510. The van der Waals surface area contributed by atoms with Gasteiger partial charge in [-0.25, -0.2) is 0 Å². The van der Waals surface area contributed by atoms with Gasteiger partial charge in [-0.1, -0.05) is 23.7 Å². The zero-order valence-electron chi connectivity index (χ0n) is 4.19.